The Balaban J connectivity index is 2.39. The van der Waals surface area contributed by atoms with Crippen molar-refractivity contribution in [2.45, 2.75) is 11.8 Å². The Morgan fingerprint density at radius 2 is 1.75 bits per heavy atom. The number of amides is 1. The lowest BCUT2D eigenvalue weighted by molar-refractivity contribution is -0.114. The molecule has 2 rings (SSSR count). The number of anilines is 2. The maximum atomic E-state index is 12.9. The summed E-state index contributed by atoms with van der Waals surface area (Å²) in [4.78, 5) is 11.2. The third-order valence-electron chi connectivity index (χ3n) is 3.17. The van der Waals surface area contributed by atoms with Crippen LogP contribution >= 0.6 is 11.6 Å². The van der Waals surface area contributed by atoms with E-state index >= 15 is 0 Å². The topological polar surface area (TPSA) is 66.5 Å². The Labute approximate surface area is 146 Å². The fraction of sp³-hybridized carbons (Fsp3) is 0.118. The summed E-state index contributed by atoms with van der Waals surface area (Å²) < 4.78 is 27.0. The molecule has 0 unspecified atom stereocenters. The van der Waals surface area contributed by atoms with Crippen LogP contribution in [-0.2, 0) is 14.8 Å². The third-order valence-corrected chi connectivity index (χ3v) is 5.23. The van der Waals surface area contributed by atoms with Gasteiger partial charge in [0.2, 0.25) is 5.91 Å². The molecule has 0 saturated heterocycles. The zero-order chi connectivity index (χ0) is 17.7. The molecule has 0 aromatic heterocycles. The number of sulfonamides is 1. The zero-order valence-corrected chi connectivity index (χ0v) is 14.6. The molecule has 2 aromatic rings. The summed E-state index contributed by atoms with van der Waals surface area (Å²) >= 11 is 5.86. The van der Waals surface area contributed by atoms with Crippen molar-refractivity contribution in [1.82, 2.24) is 0 Å². The number of hydrogen-bond donors (Lipinski definition) is 1. The van der Waals surface area contributed by atoms with Crippen molar-refractivity contribution in [3.05, 3.63) is 66.2 Å². The molecule has 0 radical (unpaired) electrons. The zero-order valence-electron chi connectivity index (χ0n) is 13.1. The van der Waals surface area contributed by atoms with Gasteiger partial charge in [0.05, 0.1) is 17.1 Å². The summed E-state index contributed by atoms with van der Waals surface area (Å²) in [5, 5.41) is 3.12. The monoisotopic (exact) mass is 364 g/mol. The van der Waals surface area contributed by atoms with Gasteiger partial charge in [-0.1, -0.05) is 17.7 Å². The van der Waals surface area contributed by atoms with Crippen LogP contribution in [0.4, 0.5) is 11.4 Å². The number of carbonyl (C=O) groups is 1. The molecule has 0 aliphatic rings. The number of benzene rings is 2. The van der Waals surface area contributed by atoms with E-state index in [2.05, 4.69) is 11.9 Å². The van der Waals surface area contributed by atoms with E-state index in [0.717, 1.165) is 0 Å². The highest BCUT2D eigenvalue weighted by Gasteiger charge is 2.24. The van der Waals surface area contributed by atoms with Crippen molar-refractivity contribution >= 4 is 38.9 Å². The van der Waals surface area contributed by atoms with Crippen LogP contribution in [0.5, 0.6) is 0 Å². The van der Waals surface area contributed by atoms with E-state index in [9.17, 15) is 13.2 Å². The normalized spacial score (nSPS) is 10.9. The van der Waals surface area contributed by atoms with E-state index in [1.807, 2.05) is 0 Å². The fourth-order valence-corrected chi connectivity index (χ4v) is 3.67. The van der Waals surface area contributed by atoms with Gasteiger partial charge in [-0.3, -0.25) is 9.10 Å². The summed E-state index contributed by atoms with van der Waals surface area (Å²) in [6, 6.07) is 12.5. The van der Waals surface area contributed by atoms with Gasteiger partial charge in [-0.25, -0.2) is 8.42 Å². The van der Waals surface area contributed by atoms with Crippen molar-refractivity contribution < 1.29 is 13.2 Å². The van der Waals surface area contributed by atoms with E-state index in [0.29, 0.717) is 16.4 Å². The Morgan fingerprint density at radius 3 is 2.25 bits per heavy atom. The van der Waals surface area contributed by atoms with Crippen LogP contribution in [0.2, 0.25) is 5.02 Å². The molecule has 5 nitrogen and oxygen atoms in total. The van der Waals surface area contributed by atoms with Crippen LogP contribution in [0.25, 0.3) is 0 Å². The molecule has 1 N–H and O–H groups in total. The van der Waals surface area contributed by atoms with E-state index < -0.39 is 10.0 Å². The van der Waals surface area contributed by atoms with Crippen molar-refractivity contribution in [1.29, 1.82) is 0 Å². The van der Waals surface area contributed by atoms with E-state index in [1.54, 1.807) is 36.4 Å². The second kappa shape index (κ2) is 7.51. The Bertz CT molecular complexity index is 831. The maximum Gasteiger partial charge on any atom is 0.264 e. The first-order valence-electron chi connectivity index (χ1n) is 7.11. The number of nitrogens with one attached hydrogen (secondary N) is 1. The molecular weight excluding hydrogens is 348 g/mol. The van der Waals surface area contributed by atoms with Gasteiger partial charge in [0.15, 0.2) is 0 Å². The molecule has 2 aromatic carbocycles. The fourth-order valence-electron chi connectivity index (χ4n) is 2.11. The Kier molecular flexibility index (Phi) is 5.64. The first-order chi connectivity index (χ1) is 11.3. The van der Waals surface area contributed by atoms with Crippen molar-refractivity contribution in [2.75, 3.05) is 16.2 Å². The molecule has 0 saturated carbocycles. The predicted molar refractivity (Wildman–Crippen MR) is 96.9 cm³/mol. The molecule has 1 amide bonds. The lowest BCUT2D eigenvalue weighted by Gasteiger charge is -2.23. The SMILES string of the molecule is C=CCN(c1ccc(Cl)cc1)S(=O)(=O)c1ccc(NC(C)=O)cc1. The smallest absolute Gasteiger partial charge is 0.264 e. The van der Waals surface area contributed by atoms with Gasteiger partial charge in [-0.2, -0.15) is 0 Å². The molecule has 0 atom stereocenters. The number of rotatable bonds is 6. The third kappa shape index (κ3) is 4.15. The van der Waals surface area contributed by atoms with Crippen LogP contribution in [-0.4, -0.2) is 20.9 Å². The number of carbonyl (C=O) groups excluding carboxylic acids is 1. The first-order valence-corrected chi connectivity index (χ1v) is 8.93. The minimum atomic E-state index is -3.77. The summed E-state index contributed by atoms with van der Waals surface area (Å²) in [6.07, 6.45) is 1.51. The number of nitrogens with zero attached hydrogens (tertiary/aromatic N) is 1. The van der Waals surface area contributed by atoms with Crippen LogP contribution in [0.1, 0.15) is 6.92 Å². The molecule has 0 spiro atoms. The van der Waals surface area contributed by atoms with Gasteiger partial charge < -0.3 is 5.32 Å². The second-order valence-electron chi connectivity index (χ2n) is 5.01. The largest absolute Gasteiger partial charge is 0.326 e. The van der Waals surface area contributed by atoms with Gasteiger partial charge in [-0.05, 0) is 48.5 Å². The van der Waals surface area contributed by atoms with Crippen molar-refractivity contribution in [3.8, 4) is 0 Å². The average molecular weight is 365 g/mol. The van der Waals surface area contributed by atoms with Crippen molar-refractivity contribution in [2.24, 2.45) is 0 Å². The molecule has 0 aliphatic carbocycles. The summed E-state index contributed by atoms with van der Waals surface area (Å²) in [5.41, 5.74) is 1.02. The van der Waals surface area contributed by atoms with E-state index in [1.165, 1.54) is 29.4 Å². The molecule has 126 valence electrons. The minimum absolute atomic E-state index is 0.119. The Morgan fingerprint density at radius 1 is 1.17 bits per heavy atom. The van der Waals surface area contributed by atoms with Crippen LogP contribution < -0.4 is 9.62 Å². The van der Waals surface area contributed by atoms with Gasteiger partial charge in [0, 0.05) is 17.6 Å². The molecule has 0 fully saturated rings. The average Bonchev–Trinajstić information content (AvgIpc) is 2.53. The lowest BCUT2D eigenvalue weighted by Crippen LogP contribution is -2.31. The molecule has 7 heteroatoms. The van der Waals surface area contributed by atoms with Crippen LogP contribution in [0.15, 0.2) is 66.1 Å². The van der Waals surface area contributed by atoms with E-state index in [4.69, 9.17) is 11.6 Å². The summed E-state index contributed by atoms with van der Waals surface area (Å²) in [5.74, 6) is -0.222. The first kappa shape index (κ1) is 18.0. The number of halogens is 1. The van der Waals surface area contributed by atoms with Gasteiger partial charge >= 0.3 is 0 Å². The quantitative estimate of drug-likeness (QED) is 0.795. The number of hydrogen-bond acceptors (Lipinski definition) is 3. The minimum Gasteiger partial charge on any atom is -0.326 e. The summed E-state index contributed by atoms with van der Waals surface area (Å²) in [6.45, 7) is 5.13. The van der Waals surface area contributed by atoms with Crippen LogP contribution in [0, 0.1) is 0 Å². The van der Waals surface area contributed by atoms with Crippen LogP contribution in [0.3, 0.4) is 0 Å². The van der Waals surface area contributed by atoms with Crippen molar-refractivity contribution in [3.63, 3.8) is 0 Å². The lowest BCUT2D eigenvalue weighted by atomic mass is 10.3. The highest BCUT2D eigenvalue weighted by Crippen LogP contribution is 2.26. The van der Waals surface area contributed by atoms with Gasteiger partial charge in [-0.15, -0.1) is 6.58 Å². The molecule has 0 heterocycles. The van der Waals surface area contributed by atoms with E-state index in [-0.39, 0.29) is 17.3 Å². The summed E-state index contributed by atoms with van der Waals surface area (Å²) in [7, 11) is -3.77. The standard InChI is InChI=1S/C17H17ClN2O3S/c1-3-12-20(16-8-4-14(18)5-9-16)24(22,23)17-10-6-15(7-11-17)19-13(2)21/h3-11H,1,12H2,2H3,(H,19,21). The molecule has 0 bridgehead atoms. The Hall–Kier alpha value is -2.31. The predicted octanol–water partition coefficient (Wildman–Crippen LogP) is 3.68. The molecule has 0 aliphatic heterocycles. The highest BCUT2D eigenvalue weighted by atomic mass is 35.5. The molecular formula is C17H17ClN2O3S. The molecule has 24 heavy (non-hydrogen) atoms. The highest BCUT2D eigenvalue weighted by molar-refractivity contribution is 7.92. The van der Waals surface area contributed by atoms with Gasteiger partial charge in [0.25, 0.3) is 10.0 Å². The maximum absolute atomic E-state index is 12.9. The second-order valence-corrected chi connectivity index (χ2v) is 7.31. The van der Waals surface area contributed by atoms with Gasteiger partial charge in [0.1, 0.15) is 0 Å².